The van der Waals surface area contributed by atoms with Crippen LogP contribution in [-0.4, -0.2) is 51.4 Å². The van der Waals surface area contributed by atoms with Gasteiger partial charge < -0.3 is 9.64 Å². The molecule has 0 unspecified atom stereocenters. The number of carbonyl (C=O) groups is 1. The summed E-state index contributed by atoms with van der Waals surface area (Å²) in [7, 11) is 0. The molecule has 0 radical (unpaired) electrons. The van der Waals surface area contributed by atoms with Crippen molar-refractivity contribution in [2.45, 2.75) is 38.2 Å². The Kier molecular flexibility index (Phi) is 4.78. The fourth-order valence-corrected chi connectivity index (χ4v) is 3.55. The standard InChI is InChI=1S/C19H24N4O2/c24-19(16-6-8-17(9-7-16)23-13-20-21-14-23)22(11-15-3-1-4-15)12-18-5-2-10-25-18/h6-9,13-15,18H,1-5,10-12H2/t18-/m1/s1. The lowest BCUT2D eigenvalue weighted by Gasteiger charge is -2.33. The third kappa shape index (κ3) is 3.74. The summed E-state index contributed by atoms with van der Waals surface area (Å²) >= 11 is 0. The maximum atomic E-state index is 13.0. The van der Waals surface area contributed by atoms with E-state index in [1.54, 1.807) is 12.7 Å². The van der Waals surface area contributed by atoms with Gasteiger partial charge in [0.05, 0.1) is 6.10 Å². The zero-order chi connectivity index (χ0) is 17.1. The van der Waals surface area contributed by atoms with Crippen LogP contribution < -0.4 is 0 Å². The van der Waals surface area contributed by atoms with Crippen molar-refractivity contribution in [1.82, 2.24) is 19.7 Å². The number of hydrogen-bond donors (Lipinski definition) is 0. The van der Waals surface area contributed by atoms with Crippen molar-refractivity contribution >= 4 is 5.91 Å². The summed E-state index contributed by atoms with van der Waals surface area (Å²) in [6.07, 6.45) is 9.42. The molecule has 6 nitrogen and oxygen atoms in total. The predicted octanol–water partition coefficient (Wildman–Crippen LogP) is 2.69. The highest BCUT2D eigenvalue weighted by atomic mass is 16.5. The third-order valence-corrected chi connectivity index (χ3v) is 5.27. The summed E-state index contributed by atoms with van der Waals surface area (Å²) in [6, 6.07) is 7.65. The second-order valence-electron chi connectivity index (χ2n) is 7.06. The van der Waals surface area contributed by atoms with Crippen LogP contribution in [0.5, 0.6) is 0 Å². The third-order valence-electron chi connectivity index (χ3n) is 5.27. The van der Waals surface area contributed by atoms with Crippen LogP contribution in [0.4, 0.5) is 0 Å². The van der Waals surface area contributed by atoms with Gasteiger partial charge in [-0.2, -0.15) is 0 Å². The van der Waals surface area contributed by atoms with E-state index in [0.717, 1.165) is 37.2 Å². The molecule has 0 spiro atoms. The Balaban J connectivity index is 1.47. The van der Waals surface area contributed by atoms with Crippen LogP contribution in [0, 0.1) is 5.92 Å². The quantitative estimate of drug-likeness (QED) is 0.811. The van der Waals surface area contributed by atoms with Crippen LogP contribution in [0.1, 0.15) is 42.5 Å². The molecule has 2 aromatic rings. The van der Waals surface area contributed by atoms with Crippen LogP contribution in [0.3, 0.4) is 0 Å². The lowest BCUT2D eigenvalue weighted by Crippen LogP contribution is -2.41. The van der Waals surface area contributed by atoms with Gasteiger partial charge in [0.1, 0.15) is 12.7 Å². The lowest BCUT2D eigenvalue weighted by atomic mass is 9.85. The first-order chi connectivity index (χ1) is 12.3. The molecule has 2 heterocycles. The van der Waals surface area contributed by atoms with Gasteiger partial charge >= 0.3 is 0 Å². The average Bonchev–Trinajstić information content (AvgIpc) is 3.30. The molecule has 0 N–H and O–H groups in total. The summed E-state index contributed by atoms with van der Waals surface area (Å²) in [5.74, 6) is 0.763. The van der Waals surface area contributed by atoms with Crippen LogP contribution in [0.2, 0.25) is 0 Å². The SMILES string of the molecule is O=C(c1ccc(-n2cnnc2)cc1)N(CC1CCC1)C[C@H]1CCCO1. The summed E-state index contributed by atoms with van der Waals surface area (Å²) in [4.78, 5) is 15.1. The first kappa shape index (κ1) is 16.3. The zero-order valence-electron chi connectivity index (χ0n) is 14.4. The van der Waals surface area contributed by atoms with Crippen molar-refractivity contribution < 1.29 is 9.53 Å². The summed E-state index contributed by atoms with van der Waals surface area (Å²) in [5.41, 5.74) is 1.68. The largest absolute Gasteiger partial charge is 0.376 e. The minimum absolute atomic E-state index is 0.109. The molecule has 2 fully saturated rings. The molecule has 1 aliphatic heterocycles. The molecule has 0 bridgehead atoms. The highest BCUT2D eigenvalue weighted by Gasteiger charge is 2.28. The molecular weight excluding hydrogens is 316 g/mol. The fourth-order valence-electron chi connectivity index (χ4n) is 3.55. The van der Waals surface area contributed by atoms with Crippen LogP contribution in [0.15, 0.2) is 36.9 Å². The average molecular weight is 340 g/mol. The molecule has 1 atom stereocenters. The van der Waals surface area contributed by atoms with Crippen LogP contribution in [-0.2, 0) is 4.74 Å². The summed E-state index contributed by atoms with van der Waals surface area (Å²) in [5, 5.41) is 7.63. The number of benzene rings is 1. The predicted molar refractivity (Wildman–Crippen MR) is 93.6 cm³/mol. The Morgan fingerprint density at radius 1 is 1.08 bits per heavy atom. The van der Waals surface area contributed by atoms with Crippen molar-refractivity contribution in [3.05, 3.63) is 42.5 Å². The first-order valence-corrected chi connectivity index (χ1v) is 9.15. The molecule has 1 saturated heterocycles. The number of hydrogen-bond acceptors (Lipinski definition) is 4. The Morgan fingerprint density at radius 3 is 2.44 bits per heavy atom. The second kappa shape index (κ2) is 7.35. The molecule has 4 rings (SSSR count). The smallest absolute Gasteiger partial charge is 0.253 e. The first-order valence-electron chi connectivity index (χ1n) is 9.15. The van der Waals surface area contributed by atoms with Gasteiger partial charge in [-0.05, 0) is 55.9 Å². The lowest BCUT2D eigenvalue weighted by molar-refractivity contribution is 0.0448. The van der Waals surface area contributed by atoms with E-state index in [4.69, 9.17) is 4.74 Å². The minimum Gasteiger partial charge on any atom is -0.376 e. The van der Waals surface area contributed by atoms with Crippen molar-refractivity contribution in [2.24, 2.45) is 5.92 Å². The topological polar surface area (TPSA) is 60.2 Å². The zero-order valence-corrected chi connectivity index (χ0v) is 14.4. The van der Waals surface area contributed by atoms with Crippen molar-refractivity contribution in [3.8, 4) is 5.69 Å². The molecule has 1 saturated carbocycles. The van der Waals surface area contributed by atoms with Crippen molar-refractivity contribution in [1.29, 1.82) is 0 Å². The van der Waals surface area contributed by atoms with Gasteiger partial charge in [0, 0.05) is 30.9 Å². The monoisotopic (exact) mass is 340 g/mol. The van der Waals surface area contributed by atoms with Gasteiger partial charge in [-0.25, -0.2) is 0 Å². The van der Waals surface area contributed by atoms with Crippen LogP contribution >= 0.6 is 0 Å². The van der Waals surface area contributed by atoms with E-state index in [-0.39, 0.29) is 12.0 Å². The second-order valence-corrected chi connectivity index (χ2v) is 7.06. The van der Waals surface area contributed by atoms with Gasteiger partial charge in [-0.1, -0.05) is 6.42 Å². The van der Waals surface area contributed by atoms with Crippen LogP contribution in [0.25, 0.3) is 5.69 Å². The Morgan fingerprint density at radius 2 is 1.84 bits per heavy atom. The molecule has 25 heavy (non-hydrogen) atoms. The van der Waals surface area contributed by atoms with Gasteiger partial charge in [0.2, 0.25) is 0 Å². The molecule has 132 valence electrons. The van der Waals surface area contributed by atoms with Gasteiger partial charge in [-0.3, -0.25) is 9.36 Å². The van der Waals surface area contributed by atoms with E-state index in [9.17, 15) is 4.79 Å². The number of aromatic nitrogens is 3. The Labute approximate surface area is 147 Å². The fraction of sp³-hybridized carbons (Fsp3) is 0.526. The number of rotatable bonds is 6. The van der Waals surface area contributed by atoms with E-state index < -0.39 is 0 Å². The van der Waals surface area contributed by atoms with Crippen molar-refractivity contribution in [3.63, 3.8) is 0 Å². The molecule has 1 aromatic carbocycles. The maximum absolute atomic E-state index is 13.0. The number of nitrogens with zero attached hydrogens (tertiary/aromatic N) is 4. The molecular formula is C19H24N4O2. The highest BCUT2D eigenvalue weighted by molar-refractivity contribution is 5.94. The number of amides is 1. The van der Waals surface area contributed by atoms with E-state index in [0.29, 0.717) is 12.5 Å². The summed E-state index contributed by atoms with van der Waals surface area (Å²) < 4.78 is 7.59. The minimum atomic E-state index is 0.109. The van der Waals surface area contributed by atoms with E-state index in [1.165, 1.54) is 19.3 Å². The van der Waals surface area contributed by atoms with Gasteiger partial charge in [-0.15, -0.1) is 10.2 Å². The highest BCUT2D eigenvalue weighted by Crippen LogP contribution is 2.28. The summed E-state index contributed by atoms with van der Waals surface area (Å²) in [6.45, 7) is 2.39. The maximum Gasteiger partial charge on any atom is 0.253 e. The van der Waals surface area contributed by atoms with E-state index >= 15 is 0 Å². The molecule has 6 heteroatoms. The van der Waals surface area contributed by atoms with Gasteiger partial charge in [0.25, 0.3) is 5.91 Å². The van der Waals surface area contributed by atoms with Gasteiger partial charge in [0.15, 0.2) is 0 Å². The number of ether oxygens (including phenoxy) is 1. The molecule has 2 aliphatic rings. The van der Waals surface area contributed by atoms with E-state index in [1.807, 2.05) is 33.7 Å². The molecule has 1 aliphatic carbocycles. The Bertz CT molecular complexity index is 689. The van der Waals surface area contributed by atoms with Crippen molar-refractivity contribution in [2.75, 3.05) is 19.7 Å². The van der Waals surface area contributed by atoms with E-state index in [2.05, 4.69) is 10.2 Å². The molecule has 1 amide bonds. The number of carbonyl (C=O) groups excluding carboxylic acids is 1. The normalized spacial score (nSPS) is 20.4. The Hall–Kier alpha value is -2.21. The molecule has 1 aromatic heterocycles.